The standard InChI is InChI=1S/C16H12ClN3O4/c1-9-6-10(20-16(23)19-14(22)8-18-20)7-13(17)15(9)24-12-4-2-11(21)3-5-12/h2-8,21H,1H3,(H,19,22,23). The van der Waals surface area contributed by atoms with Gasteiger partial charge in [0.2, 0.25) is 0 Å². The van der Waals surface area contributed by atoms with Gasteiger partial charge < -0.3 is 9.84 Å². The van der Waals surface area contributed by atoms with Gasteiger partial charge in [-0.3, -0.25) is 9.78 Å². The number of hydrogen-bond acceptors (Lipinski definition) is 5. The number of rotatable bonds is 3. The molecule has 0 radical (unpaired) electrons. The largest absolute Gasteiger partial charge is 0.508 e. The summed E-state index contributed by atoms with van der Waals surface area (Å²) in [5.74, 6) is 1.05. The van der Waals surface area contributed by atoms with Crippen LogP contribution in [0.25, 0.3) is 5.69 Å². The Morgan fingerprint density at radius 2 is 1.92 bits per heavy atom. The van der Waals surface area contributed by atoms with E-state index >= 15 is 0 Å². The normalized spacial score (nSPS) is 10.6. The fourth-order valence-electron chi connectivity index (χ4n) is 2.13. The first kappa shape index (κ1) is 15.8. The topological polar surface area (TPSA) is 97.2 Å². The molecule has 8 heteroatoms. The highest BCUT2D eigenvalue weighted by Crippen LogP contribution is 2.34. The van der Waals surface area contributed by atoms with E-state index in [-0.39, 0.29) is 10.8 Å². The first-order valence-corrected chi connectivity index (χ1v) is 7.28. The van der Waals surface area contributed by atoms with Crippen molar-refractivity contribution in [3.63, 3.8) is 0 Å². The summed E-state index contributed by atoms with van der Waals surface area (Å²) in [6.45, 7) is 1.77. The van der Waals surface area contributed by atoms with Crippen LogP contribution in [-0.2, 0) is 0 Å². The molecular formula is C16H12ClN3O4. The van der Waals surface area contributed by atoms with Crippen molar-refractivity contribution in [1.29, 1.82) is 0 Å². The predicted octanol–water partition coefficient (Wildman–Crippen LogP) is 2.38. The van der Waals surface area contributed by atoms with E-state index < -0.39 is 11.2 Å². The molecule has 0 aliphatic rings. The van der Waals surface area contributed by atoms with Crippen LogP contribution in [0.4, 0.5) is 0 Å². The van der Waals surface area contributed by atoms with Gasteiger partial charge in [0.15, 0.2) is 0 Å². The smallest absolute Gasteiger partial charge is 0.349 e. The lowest BCUT2D eigenvalue weighted by molar-refractivity contribution is 0.463. The Balaban J connectivity index is 2.01. The lowest BCUT2D eigenvalue weighted by atomic mass is 10.2. The zero-order valence-corrected chi connectivity index (χ0v) is 13.2. The molecule has 0 bridgehead atoms. The Kier molecular flexibility index (Phi) is 4.09. The number of aryl methyl sites for hydroxylation is 1. The Morgan fingerprint density at radius 1 is 1.21 bits per heavy atom. The molecule has 0 atom stereocenters. The molecule has 2 N–H and O–H groups in total. The van der Waals surface area contributed by atoms with Crippen molar-refractivity contribution in [3.8, 4) is 22.9 Å². The summed E-state index contributed by atoms with van der Waals surface area (Å²) >= 11 is 6.26. The molecule has 0 unspecified atom stereocenters. The molecule has 0 fully saturated rings. The van der Waals surface area contributed by atoms with E-state index in [1.54, 1.807) is 25.1 Å². The molecule has 7 nitrogen and oxygen atoms in total. The number of nitrogens with zero attached hydrogens (tertiary/aromatic N) is 2. The number of hydrogen-bond donors (Lipinski definition) is 2. The van der Waals surface area contributed by atoms with Gasteiger partial charge in [-0.25, -0.2) is 4.79 Å². The highest BCUT2D eigenvalue weighted by molar-refractivity contribution is 6.32. The van der Waals surface area contributed by atoms with Gasteiger partial charge in [-0.15, -0.1) is 0 Å². The number of benzene rings is 2. The van der Waals surface area contributed by atoms with Crippen LogP contribution >= 0.6 is 11.6 Å². The molecule has 0 saturated carbocycles. The summed E-state index contributed by atoms with van der Waals surface area (Å²) in [5.41, 5.74) is -0.168. The van der Waals surface area contributed by atoms with E-state index in [1.165, 1.54) is 18.2 Å². The van der Waals surface area contributed by atoms with E-state index in [0.717, 1.165) is 10.9 Å². The number of ether oxygens (including phenoxy) is 1. The van der Waals surface area contributed by atoms with Gasteiger partial charge in [-0.05, 0) is 48.9 Å². The van der Waals surface area contributed by atoms with Crippen LogP contribution in [0.3, 0.4) is 0 Å². The van der Waals surface area contributed by atoms with Crippen molar-refractivity contribution in [2.45, 2.75) is 6.92 Å². The second-order valence-electron chi connectivity index (χ2n) is 5.02. The van der Waals surface area contributed by atoms with Crippen molar-refractivity contribution in [2.24, 2.45) is 0 Å². The summed E-state index contributed by atoms with van der Waals surface area (Å²) in [4.78, 5) is 25.0. The summed E-state index contributed by atoms with van der Waals surface area (Å²) in [6.07, 6.45) is 1.01. The molecule has 0 aliphatic heterocycles. The minimum Gasteiger partial charge on any atom is -0.508 e. The van der Waals surface area contributed by atoms with Crippen molar-refractivity contribution < 1.29 is 9.84 Å². The van der Waals surface area contributed by atoms with Gasteiger partial charge in [-0.2, -0.15) is 9.78 Å². The lowest BCUT2D eigenvalue weighted by Gasteiger charge is -2.13. The average Bonchev–Trinajstić information content (AvgIpc) is 2.52. The quantitative estimate of drug-likeness (QED) is 0.759. The van der Waals surface area contributed by atoms with Gasteiger partial charge in [0.25, 0.3) is 5.56 Å². The number of aromatic hydroxyl groups is 1. The van der Waals surface area contributed by atoms with E-state index in [2.05, 4.69) is 10.1 Å². The third-order valence-corrected chi connectivity index (χ3v) is 3.51. The average molecular weight is 346 g/mol. The maximum atomic E-state index is 11.8. The van der Waals surface area contributed by atoms with Crippen LogP contribution in [0.2, 0.25) is 5.02 Å². The molecule has 3 aromatic rings. The molecule has 0 spiro atoms. The summed E-state index contributed by atoms with van der Waals surface area (Å²) in [5, 5.41) is 13.4. The number of phenolic OH excluding ortho intramolecular Hbond substituents is 1. The zero-order valence-electron chi connectivity index (χ0n) is 12.5. The van der Waals surface area contributed by atoms with Gasteiger partial charge >= 0.3 is 5.69 Å². The summed E-state index contributed by atoms with van der Waals surface area (Å²) in [7, 11) is 0. The van der Waals surface area contributed by atoms with Crippen LogP contribution < -0.4 is 16.0 Å². The summed E-state index contributed by atoms with van der Waals surface area (Å²) < 4.78 is 6.76. The monoisotopic (exact) mass is 345 g/mol. The van der Waals surface area contributed by atoms with Crippen LogP contribution in [0.15, 0.2) is 52.2 Å². The van der Waals surface area contributed by atoms with E-state index in [9.17, 15) is 14.7 Å². The predicted molar refractivity (Wildman–Crippen MR) is 88.4 cm³/mol. The number of aromatic nitrogens is 3. The molecular weight excluding hydrogens is 334 g/mol. The van der Waals surface area contributed by atoms with Gasteiger partial charge in [-0.1, -0.05) is 11.6 Å². The van der Waals surface area contributed by atoms with E-state index in [4.69, 9.17) is 16.3 Å². The second kappa shape index (κ2) is 6.21. The van der Waals surface area contributed by atoms with E-state index in [0.29, 0.717) is 22.7 Å². The molecule has 0 amide bonds. The first-order chi connectivity index (χ1) is 11.4. The maximum absolute atomic E-state index is 11.8. The van der Waals surface area contributed by atoms with E-state index in [1.807, 2.05) is 0 Å². The maximum Gasteiger partial charge on any atom is 0.349 e. The minimum absolute atomic E-state index is 0.129. The molecule has 0 aliphatic carbocycles. The molecule has 0 saturated heterocycles. The molecule has 24 heavy (non-hydrogen) atoms. The van der Waals surface area contributed by atoms with Crippen LogP contribution in [0.1, 0.15) is 5.56 Å². The molecule has 122 valence electrons. The third kappa shape index (κ3) is 3.16. The number of halogens is 1. The van der Waals surface area contributed by atoms with Crippen LogP contribution in [0, 0.1) is 6.92 Å². The Morgan fingerprint density at radius 3 is 2.54 bits per heavy atom. The number of aromatic amines is 1. The van der Waals surface area contributed by atoms with Crippen molar-refractivity contribution >= 4 is 11.6 Å². The molecule has 1 aromatic heterocycles. The second-order valence-corrected chi connectivity index (χ2v) is 5.43. The third-order valence-electron chi connectivity index (χ3n) is 3.23. The Labute approximate surface area is 140 Å². The Hall–Kier alpha value is -3.06. The fourth-order valence-corrected chi connectivity index (χ4v) is 2.43. The number of phenols is 1. The Bertz CT molecular complexity index is 986. The minimum atomic E-state index is -0.662. The molecule has 1 heterocycles. The highest BCUT2D eigenvalue weighted by atomic mass is 35.5. The van der Waals surface area contributed by atoms with Crippen molar-refractivity contribution in [2.75, 3.05) is 0 Å². The van der Waals surface area contributed by atoms with Crippen LogP contribution in [-0.4, -0.2) is 19.9 Å². The lowest BCUT2D eigenvalue weighted by Crippen LogP contribution is -2.30. The summed E-state index contributed by atoms with van der Waals surface area (Å²) in [6, 6.07) is 9.37. The highest BCUT2D eigenvalue weighted by Gasteiger charge is 2.12. The molecule has 3 rings (SSSR count). The van der Waals surface area contributed by atoms with Gasteiger partial charge in [0.05, 0.1) is 10.7 Å². The zero-order chi connectivity index (χ0) is 17.3. The molecule has 2 aromatic carbocycles. The fraction of sp³-hybridized carbons (Fsp3) is 0.0625. The number of H-pyrrole nitrogens is 1. The van der Waals surface area contributed by atoms with Crippen molar-refractivity contribution in [1.82, 2.24) is 14.8 Å². The number of nitrogens with one attached hydrogen (secondary N) is 1. The van der Waals surface area contributed by atoms with Gasteiger partial charge in [0.1, 0.15) is 23.4 Å². The first-order valence-electron chi connectivity index (χ1n) is 6.90. The van der Waals surface area contributed by atoms with Gasteiger partial charge in [0, 0.05) is 0 Å². The van der Waals surface area contributed by atoms with Crippen molar-refractivity contribution in [3.05, 3.63) is 74.0 Å². The van der Waals surface area contributed by atoms with Crippen LogP contribution in [0.5, 0.6) is 17.2 Å². The SMILES string of the molecule is Cc1cc(-n2ncc(=O)[nH]c2=O)cc(Cl)c1Oc1ccc(O)cc1.